The maximum Gasteiger partial charge on any atom is 0.232 e. The van der Waals surface area contributed by atoms with Gasteiger partial charge in [-0.15, -0.1) is 0 Å². The van der Waals surface area contributed by atoms with E-state index in [0.717, 1.165) is 24.5 Å². The molecule has 0 aliphatic carbocycles. The predicted octanol–water partition coefficient (Wildman–Crippen LogP) is 2.61. The Bertz CT molecular complexity index is 437. The maximum absolute atomic E-state index is 5.92. The summed E-state index contributed by atoms with van der Waals surface area (Å²) in [6, 6.07) is 1.47. The Labute approximate surface area is 121 Å². The molecular formula is C16H25N3O. The number of hydrogen-bond donors (Lipinski definition) is 0. The van der Waals surface area contributed by atoms with Gasteiger partial charge in [-0.1, -0.05) is 13.8 Å². The molecule has 4 nitrogen and oxygen atoms in total. The van der Waals surface area contributed by atoms with E-state index in [1.165, 1.54) is 19.3 Å². The molecule has 1 aromatic rings. The van der Waals surface area contributed by atoms with E-state index in [1.54, 1.807) is 18.6 Å². The third-order valence-electron chi connectivity index (χ3n) is 5.30. The summed E-state index contributed by atoms with van der Waals surface area (Å²) in [5, 5.41) is 0. The minimum atomic E-state index is 0.612. The molecule has 0 N–H and O–H groups in total. The molecule has 20 heavy (non-hydrogen) atoms. The lowest BCUT2D eigenvalue weighted by molar-refractivity contribution is 0.0171. The van der Waals surface area contributed by atoms with Gasteiger partial charge in [0.2, 0.25) is 5.88 Å². The summed E-state index contributed by atoms with van der Waals surface area (Å²) in [5.74, 6) is 2.75. The van der Waals surface area contributed by atoms with Crippen LogP contribution in [0.1, 0.15) is 33.1 Å². The number of hydrogen-bond acceptors (Lipinski definition) is 4. The first-order chi connectivity index (χ1) is 9.66. The van der Waals surface area contributed by atoms with Crippen LogP contribution in [0.4, 0.5) is 0 Å². The Morgan fingerprint density at radius 3 is 2.90 bits per heavy atom. The fourth-order valence-electron chi connectivity index (χ4n) is 4.16. The molecule has 0 spiro atoms. The standard InChI is InChI=1S/C16H25N3O/c1-11(2)13-8-12-4-5-15(19(12)3)14(13)10-20-16-9-17-6-7-18-16/h6-7,9,11-15H,4-5,8,10H2,1-3H3/t12?,13-,14+,15?/m0/s1. The zero-order valence-electron chi connectivity index (χ0n) is 12.7. The van der Waals surface area contributed by atoms with Crippen molar-refractivity contribution in [3.05, 3.63) is 18.6 Å². The SMILES string of the molecule is CC(C)[C@@H]1CC2CCC([C@@H]1COc1cnccn1)N2C. The number of nitrogens with zero attached hydrogens (tertiary/aromatic N) is 3. The van der Waals surface area contributed by atoms with Crippen molar-refractivity contribution in [1.29, 1.82) is 0 Å². The lowest BCUT2D eigenvalue weighted by Crippen LogP contribution is -2.50. The smallest absolute Gasteiger partial charge is 0.232 e. The van der Waals surface area contributed by atoms with Gasteiger partial charge in [0.1, 0.15) is 0 Å². The van der Waals surface area contributed by atoms with Gasteiger partial charge < -0.3 is 9.64 Å². The number of ether oxygens (including phenoxy) is 1. The largest absolute Gasteiger partial charge is 0.476 e. The monoisotopic (exact) mass is 275 g/mol. The first kappa shape index (κ1) is 13.8. The highest BCUT2D eigenvalue weighted by molar-refractivity contribution is 5.04. The summed E-state index contributed by atoms with van der Waals surface area (Å²) in [4.78, 5) is 10.9. The number of fused-ring (bicyclic) bond motifs is 2. The highest BCUT2D eigenvalue weighted by atomic mass is 16.5. The Kier molecular flexibility index (Phi) is 3.92. The number of rotatable bonds is 4. The molecule has 110 valence electrons. The van der Waals surface area contributed by atoms with E-state index in [-0.39, 0.29) is 0 Å². The van der Waals surface area contributed by atoms with Gasteiger partial charge in [0.15, 0.2) is 0 Å². The van der Waals surface area contributed by atoms with Crippen LogP contribution < -0.4 is 4.74 Å². The quantitative estimate of drug-likeness (QED) is 0.846. The second-order valence-electron chi connectivity index (χ2n) is 6.63. The summed E-state index contributed by atoms with van der Waals surface area (Å²) >= 11 is 0. The molecule has 2 aliphatic rings. The van der Waals surface area contributed by atoms with Crippen LogP contribution >= 0.6 is 0 Å². The van der Waals surface area contributed by atoms with Gasteiger partial charge in [0.25, 0.3) is 0 Å². The van der Waals surface area contributed by atoms with Crippen molar-refractivity contribution in [1.82, 2.24) is 14.9 Å². The molecular weight excluding hydrogens is 250 g/mol. The summed E-state index contributed by atoms with van der Waals surface area (Å²) in [6.45, 7) is 5.47. The van der Waals surface area contributed by atoms with Crippen LogP contribution in [-0.2, 0) is 0 Å². The predicted molar refractivity (Wildman–Crippen MR) is 78.5 cm³/mol. The van der Waals surface area contributed by atoms with Crippen molar-refractivity contribution in [2.24, 2.45) is 17.8 Å². The average molecular weight is 275 g/mol. The Morgan fingerprint density at radius 2 is 2.20 bits per heavy atom. The van der Waals surface area contributed by atoms with Crippen LogP contribution in [0.3, 0.4) is 0 Å². The van der Waals surface area contributed by atoms with Gasteiger partial charge in [0, 0.05) is 30.4 Å². The Morgan fingerprint density at radius 1 is 1.35 bits per heavy atom. The fraction of sp³-hybridized carbons (Fsp3) is 0.750. The lowest BCUT2D eigenvalue weighted by Gasteiger charge is -2.44. The van der Waals surface area contributed by atoms with E-state index < -0.39 is 0 Å². The van der Waals surface area contributed by atoms with E-state index in [9.17, 15) is 0 Å². The second kappa shape index (κ2) is 5.68. The highest BCUT2D eigenvalue weighted by Crippen LogP contribution is 2.44. The van der Waals surface area contributed by atoms with Crippen molar-refractivity contribution in [2.75, 3.05) is 13.7 Å². The van der Waals surface area contributed by atoms with Gasteiger partial charge >= 0.3 is 0 Å². The van der Waals surface area contributed by atoms with Crippen molar-refractivity contribution in [3.8, 4) is 5.88 Å². The molecule has 3 heterocycles. The molecule has 2 fully saturated rings. The van der Waals surface area contributed by atoms with E-state index in [4.69, 9.17) is 4.74 Å². The summed E-state index contributed by atoms with van der Waals surface area (Å²) in [5.41, 5.74) is 0. The normalized spacial score (nSPS) is 33.6. The molecule has 2 unspecified atom stereocenters. The molecule has 0 saturated carbocycles. The molecule has 2 aliphatic heterocycles. The van der Waals surface area contributed by atoms with Crippen LogP contribution in [-0.4, -0.2) is 40.6 Å². The fourth-order valence-corrected chi connectivity index (χ4v) is 4.16. The molecule has 3 rings (SSSR count). The zero-order valence-corrected chi connectivity index (χ0v) is 12.7. The summed E-state index contributed by atoms with van der Waals surface area (Å²) < 4.78 is 5.92. The lowest BCUT2D eigenvalue weighted by atomic mass is 9.74. The van der Waals surface area contributed by atoms with Crippen LogP contribution in [0, 0.1) is 17.8 Å². The van der Waals surface area contributed by atoms with E-state index in [0.29, 0.717) is 17.8 Å². The van der Waals surface area contributed by atoms with Crippen molar-refractivity contribution >= 4 is 0 Å². The van der Waals surface area contributed by atoms with Crippen LogP contribution in [0.25, 0.3) is 0 Å². The molecule has 0 aromatic carbocycles. The first-order valence-corrected chi connectivity index (χ1v) is 7.77. The topological polar surface area (TPSA) is 38.3 Å². The second-order valence-corrected chi connectivity index (χ2v) is 6.63. The molecule has 0 amide bonds. The van der Waals surface area contributed by atoms with Gasteiger partial charge in [-0.3, -0.25) is 4.98 Å². The minimum Gasteiger partial charge on any atom is -0.476 e. The van der Waals surface area contributed by atoms with Gasteiger partial charge in [-0.05, 0) is 38.1 Å². The summed E-state index contributed by atoms with van der Waals surface area (Å²) in [7, 11) is 2.29. The number of piperidine rings is 1. The van der Waals surface area contributed by atoms with Crippen LogP contribution in [0.5, 0.6) is 5.88 Å². The van der Waals surface area contributed by atoms with Gasteiger partial charge in [-0.25, -0.2) is 4.98 Å². The number of aromatic nitrogens is 2. The Balaban J connectivity index is 1.71. The van der Waals surface area contributed by atoms with Crippen LogP contribution in [0.2, 0.25) is 0 Å². The Hall–Kier alpha value is -1.16. The third kappa shape index (κ3) is 2.53. The van der Waals surface area contributed by atoms with E-state index >= 15 is 0 Å². The molecule has 2 bridgehead atoms. The molecule has 2 saturated heterocycles. The van der Waals surface area contributed by atoms with Crippen molar-refractivity contribution < 1.29 is 4.74 Å². The van der Waals surface area contributed by atoms with Gasteiger partial charge in [-0.2, -0.15) is 0 Å². The van der Waals surface area contributed by atoms with E-state index in [1.807, 2.05) is 0 Å². The van der Waals surface area contributed by atoms with Crippen molar-refractivity contribution in [2.45, 2.75) is 45.2 Å². The average Bonchev–Trinajstić information content (AvgIpc) is 2.70. The summed E-state index contributed by atoms with van der Waals surface area (Å²) in [6.07, 6.45) is 9.06. The molecule has 4 heteroatoms. The minimum absolute atomic E-state index is 0.612. The highest BCUT2D eigenvalue weighted by Gasteiger charge is 2.46. The zero-order chi connectivity index (χ0) is 14.1. The van der Waals surface area contributed by atoms with E-state index in [2.05, 4.69) is 35.8 Å². The van der Waals surface area contributed by atoms with Crippen LogP contribution in [0.15, 0.2) is 18.6 Å². The molecule has 4 atom stereocenters. The third-order valence-corrected chi connectivity index (χ3v) is 5.30. The first-order valence-electron chi connectivity index (χ1n) is 7.77. The van der Waals surface area contributed by atoms with Gasteiger partial charge in [0.05, 0.1) is 12.8 Å². The maximum atomic E-state index is 5.92. The molecule has 1 aromatic heterocycles. The van der Waals surface area contributed by atoms with Crippen molar-refractivity contribution in [3.63, 3.8) is 0 Å². The molecule has 0 radical (unpaired) electrons.